The molecule has 1 aliphatic rings. The van der Waals surface area contributed by atoms with Crippen molar-refractivity contribution in [2.75, 3.05) is 18.4 Å². The summed E-state index contributed by atoms with van der Waals surface area (Å²) in [4.78, 5) is -0.0666. The molecule has 1 unspecified atom stereocenters. The maximum atomic E-state index is 10.5. The van der Waals surface area contributed by atoms with E-state index in [1.165, 1.54) is 29.8 Å². The van der Waals surface area contributed by atoms with Crippen LogP contribution in [0.5, 0.6) is 0 Å². The zero-order valence-electron chi connectivity index (χ0n) is 13.8. The molecule has 2 aromatic carbocycles. The van der Waals surface area contributed by atoms with Crippen LogP contribution >= 0.6 is 0 Å². The highest BCUT2D eigenvalue weighted by Gasteiger charge is 2.20. The highest BCUT2D eigenvalue weighted by atomic mass is 32.2. The molecule has 6 heteroatoms. The van der Waals surface area contributed by atoms with Crippen LogP contribution < -0.4 is 11.1 Å². The van der Waals surface area contributed by atoms with E-state index in [4.69, 9.17) is 10.3 Å². The van der Waals surface area contributed by atoms with E-state index in [1.54, 1.807) is 12.1 Å². The molecule has 0 aliphatic carbocycles. The number of aryl methyl sites for hydroxylation is 1. The first-order valence-corrected chi connectivity index (χ1v) is 9.43. The minimum atomic E-state index is -4.02. The molecule has 24 heavy (non-hydrogen) atoms. The van der Waals surface area contributed by atoms with Crippen LogP contribution in [0.3, 0.4) is 0 Å². The first kappa shape index (κ1) is 18.4. The second kappa shape index (κ2) is 8.28. The Bertz CT molecular complexity index is 758. The van der Waals surface area contributed by atoms with E-state index in [-0.39, 0.29) is 4.90 Å². The van der Waals surface area contributed by atoms with Gasteiger partial charge >= 0.3 is 0 Å². The van der Waals surface area contributed by atoms with E-state index >= 15 is 0 Å². The number of nitrogens with one attached hydrogen (secondary N) is 1. The van der Waals surface area contributed by atoms with Crippen LogP contribution in [0, 0.1) is 6.92 Å². The van der Waals surface area contributed by atoms with E-state index in [1.807, 2.05) is 6.92 Å². The largest absolute Gasteiger partial charge is 0.384 e. The minimum Gasteiger partial charge on any atom is -0.384 e. The summed E-state index contributed by atoms with van der Waals surface area (Å²) in [5.74, 6) is 0.680. The maximum absolute atomic E-state index is 10.5. The van der Waals surface area contributed by atoms with Gasteiger partial charge in [0.2, 0.25) is 0 Å². The number of hydrogen-bond donors (Lipinski definition) is 3. The lowest BCUT2D eigenvalue weighted by atomic mass is 9.96. The second-order valence-corrected chi connectivity index (χ2v) is 7.31. The lowest BCUT2D eigenvalue weighted by molar-refractivity contribution is 0.483. The average molecular weight is 348 g/mol. The standard InChI is InChI=1S/C11H16N2.C7H8O3S/c12-7-3-4-9-8-13-11-6-2-1-5-10(9)11;1-6-2-4-7(5-3-6)11(8,9)10/h1-2,5-6,9,13H,3-4,7-8,12H2;2-5H,1H3,(H,8,9,10). The van der Waals surface area contributed by atoms with Gasteiger partial charge in [-0.25, -0.2) is 0 Å². The molecule has 0 saturated carbocycles. The molecule has 2 aromatic rings. The summed E-state index contributed by atoms with van der Waals surface area (Å²) in [5, 5.41) is 3.42. The number of rotatable bonds is 4. The number of fused-ring (bicyclic) bond motifs is 1. The third-order valence-electron chi connectivity index (χ3n) is 4.02. The number of para-hydroxylation sites is 1. The third kappa shape index (κ3) is 5.06. The quantitative estimate of drug-likeness (QED) is 0.738. The summed E-state index contributed by atoms with van der Waals surface area (Å²) in [6.45, 7) is 3.73. The number of hydrogen-bond acceptors (Lipinski definition) is 4. The van der Waals surface area contributed by atoms with Gasteiger partial charge in [-0.1, -0.05) is 35.9 Å². The van der Waals surface area contributed by atoms with Crippen molar-refractivity contribution < 1.29 is 13.0 Å². The van der Waals surface area contributed by atoms with Crippen LogP contribution in [0.15, 0.2) is 53.4 Å². The van der Waals surface area contributed by atoms with Gasteiger partial charge in [-0.3, -0.25) is 4.55 Å². The van der Waals surface area contributed by atoms with Gasteiger partial charge in [0.1, 0.15) is 0 Å². The van der Waals surface area contributed by atoms with Crippen LogP contribution in [0.25, 0.3) is 0 Å². The SMILES string of the molecule is Cc1ccc(S(=O)(=O)O)cc1.NCCCC1CNc2ccccc21. The van der Waals surface area contributed by atoms with Gasteiger partial charge in [-0.2, -0.15) is 8.42 Å². The fourth-order valence-corrected chi connectivity index (χ4v) is 3.17. The molecule has 0 saturated heterocycles. The van der Waals surface area contributed by atoms with E-state index in [2.05, 4.69) is 29.6 Å². The number of anilines is 1. The average Bonchev–Trinajstić information content (AvgIpc) is 2.96. The molecule has 1 heterocycles. The molecule has 0 fully saturated rings. The van der Waals surface area contributed by atoms with E-state index in [0.29, 0.717) is 5.92 Å². The Hall–Kier alpha value is -1.89. The molecule has 0 amide bonds. The van der Waals surface area contributed by atoms with Gasteiger partial charge < -0.3 is 11.1 Å². The lowest BCUT2D eigenvalue weighted by Crippen LogP contribution is -2.05. The summed E-state index contributed by atoms with van der Waals surface area (Å²) in [5.41, 5.74) is 9.24. The third-order valence-corrected chi connectivity index (χ3v) is 4.88. The maximum Gasteiger partial charge on any atom is 0.294 e. The summed E-state index contributed by atoms with van der Waals surface area (Å²) in [6, 6.07) is 14.5. The van der Waals surface area contributed by atoms with Gasteiger partial charge in [-0.05, 0) is 50.1 Å². The molecule has 0 bridgehead atoms. The molecule has 1 aliphatic heterocycles. The Kier molecular flexibility index (Phi) is 6.36. The van der Waals surface area contributed by atoms with E-state index in [9.17, 15) is 8.42 Å². The molecule has 3 rings (SSSR count). The van der Waals surface area contributed by atoms with Crippen molar-refractivity contribution in [3.8, 4) is 0 Å². The van der Waals surface area contributed by atoms with Crippen molar-refractivity contribution in [1.82, 2.24) is 0 Å². The van der Waals surface area contributed by atoms with Crippen molar-refractivity contribution in [1.29, 1.82) is 0 Å². The summed E-state index contributed by atoms with van der Waals surface area (Å²) < 4.78 is 29.6. The highest BCUT2D eigenvalue weighted by molar-refractivity contribution is 7.85. The molecule has 0 spiro atoms. The van der Waals surface area contributed by atoms with Crippen LogP contribution in [-0.2, 0) is 10.1 Å². The van der Waals surface area contributed by atoms with Gasteiger partial charge in [0, 0.05) is 18.2 Å². The molecule has 5 nitrogen and oxygen atoms in total. The first-order chi connectivity index (χ1) is 11.4. The molecule has 4 N–H and O–H groups in total. The molecule has 130 valence electrons. The van der Waals surface area contributed by atoms with Crippen LogP contribution in [0.4, 0.5) is 5.69 Å². The van der Waals surface area contributed by atoms with Gasteiger partial charge in [-0.15, -0.1) is 0 Å². The van der Waals surface area contributed by atoms with Gasteiger partial charge in [0.25, 0.3) is 10.1 Å². The summed E-state index contributed by atoms with van der Waals surface area (Å²) >= 11 is 0. The minimum absolute atomic E-state index is 0.0666. The van der Waals surface area contributed by atoms with Crippen molar-refractivity contribution in [2.45, 2.75) is 30.6 Å². The predicted octanol–water partition coefficient (Wildman–Crippen LogP) is 3.18. The molecular formula is C18H24N2O3S. The molecule has 1 atom stereocenters. The highest BCUT2D eigenvalue weighted by Crippen LogP contribution is 2.33. The zero-order chi connectivity index (χ0) is 17.6. The first-order valence-electron chi connectivity index (χ1n) is 7.99. The fraction of sp³-hybridized carbons (Fsp3) is 0.333. The van der Waals surface area contributed by atoms with Crippen molar-refractivity contribution in [3.63, 3.8) is 0 Å². The fourth-order valence-electron chi connectivity index (χ4n) is 2.69. The Morgan fingerprint density at radius 3 is 2.46 bits per heavy atom. The van der Waals surface area contributed by atoms with Gasteiger partial charge in [0.05, 0.1) is 4.90 Å². The number of benzene rings is 2. The monoisotopic (exact) mass is 348 g/mol. The van der Waals surface area contributed by atoms with Crippen LogP contribution in [-0.4, -0.2) is 26.1 Å². The summed E-state index contributed by atoms with van der Waals surface area (Å²) in [7, 11) is -4.02. The molecule has 0 aromatic heterocycles. The van der Waals surface area contributed by atoms with E-state index < -0.39 is 10.1 Å². The number of nitrogens with two attached hydrogens (primary N) is 1. The Morgan fingerprint density at radius 2 is 1.83 bits per heavy atom. The predicted molar refractivity (Wildman–Crippen MR) is 97.0 cm³/mol. The van der Waals surface area contributed by atoms with Gasteiger partial charge in [0.15, 0.2) is 0 Å². The summed E-state index contributed by atoms with van der Waals surface area (Å²) in [6.07, 6.45) is 2.33. The second-order valence-electron chi connectivity index (χ2n) is 5.88. The van der Waals surface area contributed by atoms with Crippen molar-refractivity contribution >= 4 is 15.8 Å². The van der Waals surface area contributed by atoms with E-state index in [0.717, 1.165) is 25.1 Å². The Morgan fingerprint density at radius 1 is 1.17 bits per heavy atom. The Labute approximate surface area is 143 Å². The van der Waals surface area contributed by atoms with Crippen LogP contribution in [0.2, 0.25) is 0 Å². The molecular weight excluding hydrogens is 324 g/mol. The normalized spacial score (nSPS) is 15.9. The Balaban J connectivity index is 0.000000177. The van der Waals surface area contributed by atoms with Crippen molar-refractivity contribution in [3.05, 3.63) is 59.7 Å². The zero-order valence-corrected chi connectivity index (χ0v) is 14.6. The van der Waals surface area contributed by atoms with Crippen LogP contribution in [0.1, 0.15) is 29.9 Å². The molecule has 0 radical (unpaired) electrons. The smallest absolute Gasteiger partial charge is 0.294 e. The topological polar surface area (TPSA) is 92.4 Å². The van der Waals surface area contributed by atoms with Crippen molar-refractivity contribution in [2.24, 2.45) is 5.73 Å². The lowest BCUT2D eigenvalue weighted by Gasteiger charge is -2.08.